The Morgan fingerprint density at radius 3 is 3.00 bits per heavy atom. The van der Waals surface area contributed by atoms with Gasteiger partial charge in [-0.2, -0.15) is 0 Å². The van der Waals surface area contributed by atoms with Gasteiger partial charge in [0.15, 0.2) is 5.75 Å². The van der Waals surface area contributed by atoms with Gasteiger partial charge in [-0.3, -0.25) is 0 Å². The first-order valence-electron chi connectivity index (χ1n) is 4.04. The first kappa shape index (κ1) is 9.85. The summed E-state index contributed by atoms with van der Waals surface area (Å²) in [7, 11) is 0. The van der Waals surface area contributed by atoms with Crippen LogP contribution in [-0.4, -0.2) is 29.5 Å². The fourth-order valence-corrected chi connectivity index (χ4v) is 0.822. The Hall–Kier alpha value is -1.24. The maximum Gasteiger partial charge on any atom is 0.170 e. The molecule has 1 atom stereocenters. The van der Waals surface area contributed by atoms with E-state index in [-0.39, 0.29) is 13.2 Å². The van der Waals surface area contributed by atoms with Crippen LogP contribution in [0.2, 0.25) is 0 Å². The molecular weight excluding hydrogens is 168 g/mol. The van der Waals surface area contributed by atoms with E-state index in [0.29, 0.717) is 5.75 Å². The maximum atomic E-state index is 8.99. The van der Waals surface area contributed by atoms with Crippen molar-refractivity contribution in [3.8, 4) is 5.75 Å². The van der Waals surface area contributed by atoms with Gasteiger partial charge in [0.2, 0.25) is 0 Å². The number of hydrogen-bond donors (Lipinski definition) is 2. The highest BCUT2D eigenvalue weighted by molar-refractivity contribution is 5.21. The van der Waals surface area contributed by atoms with Gasteiger partial charge in [0.05, 0.1) is 6.61 Å². The van der Waals surface area contributed by atoms with Gasteiger partial charge in [0, 0.05) is 0 Å². The summed E-state index contributed by atoms with van der Waals surface area (Å²) in [5.41, 5.74) is 1.02. The molecule has 1 unspecified atom stereocenters. The molecule has 0 radical (unpaired) electrons. The summed E-state index contributed by atoms with van der Waals surface area (Å²) in [5.74, 6) is 0.535. The number of aliphatic hydroxyl groups is 2. The molecule has 0 fully saturated rings. The zero-order valence-electron chi connectivity index (χ0n) is 7.45. The number of ether oxygens (including phenoxy) is 1. The number of aliphatic hydroxyl groups excluding tert-OH is 2. The fourth-order valence-electron chi connectivity index (χ4n) is 0.822. The van der Waals surface area contributed by atoms with Crippen molar-refractivity contribution in [1.29, 1.82) is 0 Å². The number of aryl methyl sites for hydroxylation is 1. The average Bonchev–Trinajstić information content (AvgIpc) is 2.14. The summed E-state index contributed by atoms with van der Waals surface area (Å²) < 4.78 is 5.14. The lowest BCUT2D eigenvalue weighted by atomic mass is 10.3. The minimum absolute atomic E-state index is 0.0737. The summed E-state index contributed by atoms with van der Waals surface area (Å²) in [4.78, 5) is 0. The van der Waals surface area contributed by atoms with Crippen LogP contribution >= 0.6 is 0 Å². The molecule has 0 saturated heterocycles. The lowest BCUT2D eigenvalue weighted by molar-refractivity contribution is 0.0536. The van der Waals surface area contributed by atoms with Crippen molar-refractivity contribution in [2.45, 2.75) is 13.0 Å². The molecule has 0 bridgehead atoms. The van der Waals surface area contributed by atoms with E-state index in [1.165, 1.54) is 0 Å². The van der Waals surface area contributed by atoms with Crippen LogP contribution in [0.3, 0.4) is 0 Å². The maximum absolute atomic E-state index is 8.99. The zero-order chi connectivity index (χ0) is 9.68. The van der Waals surface area contributed by atoms with E-state index in [9.17, 15) is 0 Å². The van der Waals surface area contributed by atoms with Gasteiger partial charge in [-0.05, 0) is 30.7 Å². The minimum atomic E-state index is -0.839. The molecule has 0 amide bonds. The van der Waals surface area contributed by atoms with Gasteiger partial charge >= 0.3 is 0 Å². The highest BCUT2D eigenvalue weighted by Gasteiger charge is 2.02. The first-order valence-corrected chi connectivity index (χ1v) is 4.04. The third-order valence-corrected chi connectivity index (χ3v) is 1.50. The van der Waals surface area contributed by atoms with Gasteiger partial charge in [-0.25, -0.2) is 0 Å². The smallest absolute Gasteiger partial charge is 0.170 e. The molecule has 0 aliphatic rings. The molecule has 0 heterocycles. The second-order valence-corrected chi connectivity index (χ2v) is 2.81. The van der Waals surface area contributed by atoms with E-state index in [0.717, 1.165) is 5.56 Å². The van der Waals surface area contributed by atoms with Crippen molar-refractivity contribution in [2.24, 2.45) is 0 Å². The summed E-state index contributed by atoms with van der Waals surface area (Å²) in [6, 6.07) is 9.10. The van der Waals surface area contributed by atoms with Crippen LogP contribution in [0.1, 0.15) is 5.56 Å². The molecule has 2 N–H and O–H groups in total. The van der Waals surface area contributed by atoms with Crippen LogP contribution in [0.5, 0.6) is 5.75 Å². The van der Waals surface area contributed by atoms with Gasteiger partial charge in [-0.15, -0.1) is 0 Å². The van der Waals surface area contributed by atoms with Crippen molar-refractivity contribution >= 4 is 0 Å². The van der Waals surface area contributed by atoms with Gasteiger partial charge in [0.25, 0.3) is 0 Å². The molecule has 1 aromatic carbocycles. The molecule has 1 rings (SSSR count). The number of rotatable bonds is 4. The third kappa shape index (κ3) is 3.32. The first-order chi connectivity index (χ1) is 6.22. The van der Waals surface area contributed by atoms with E-state index in [1.807, 2.05) is 6.92 Å². The molecule has 3 heteroatoms. The fraction of sp³-hybridized carbons (Fsp3) is 0.400. The lowest BCUT2D eigenvalue weighted by Gasteiger charge is -2.07. The van der Waals surface area contributed by atoms with Gasteiger partial charge < -0.3 is 14.9 Å². The SMILES string of the molecule is Cc1cc#cc(OCC(O)CO)c1. The van der Waals surface area contributed by atoms with E-state index < -0.39 is 6.10 Å². The second-order valence-electron chi connectivity index (χ2n) is 2.81. The lowest BCUT2D eigenvalue weighted by Crippen LogP contribution is -2.21. The monoisotopic (exact) mass is 180 g/mol. The molecular formula is C10H12O3. The largest absolute Gasteiger partial charge is 0.483 e. The normalized spacial score (nSPS) is 11.9. The highest BCUT2D eigenvalue weighted by atomic mass is 16.5. The highest BCUT2D eigenvalue weighted by Crippen LogP contribution is 2.07. The Morgan fingerprint density at radius 2 is 2.38 bits per heavy atom. The molecule has 0 aliphatic carbocycles. The Kier molecular flexibility index (Phi) is 3.56. The molecule has 0 aliphatic heterocycles. The predicted octanol–water partition coefficient (Wildman–Crippen LogP) is 0.327. The van der Waals surface area contributed by atoms with Crippen LogP contribution in [0.4, 0.5) is 0 Å². The third-order valence-electron chi connectivity index (χ3n) is 1.50. The molecule has 1 aromatic rings. The van der Waals surface area contributed by atoms with Crippen LogP contribution in [-0.2, 0) is 0 Å². The summed E-state index contributed by atoms with van der Waals surface area (Å²) in [5, 5.41) is 17.5. The molecule has 0 spiro atoms. The second kappa shape index (κ2) is 4.70. The summed E-state index contributed by atoms with van der Waals surface area (Å²) >= 11 is 0. The van der Waals surface area contributed by atoms with Crippen LogP contribution in [0, 0.1) is 19.1 Å². The van der Waals surface area contributed by atoms with Gasteiger partial charge in [-0.1, -0.05) is 6.07 Å². The predicted molar refractivity (Wildman–Crippen MR) is 47.4 cm³/mol. The van der Waals surface area contributed by atoms with Crippen molar-refractivity contribution < 1.29 is 14.9 Å². The quantitative estimate of drug-likeness (QED) is 0.702. The van der Waals surface area contributed by atoms with E-state index in [4.69, 9.17) is 14.9 Å². The Morgan fingerprint density at radius 1 is 1.62 bits per heavy atom. The minimum Gasteiger partial charge on any atom is -0.483 e. The number of hydrogen-bond acceptors (Lipinski definition) is 3. The standard InChI is InChI=1S/C10H12O3/c1-8-3-2-4-10(5-8)13-7-9(12)6-11/h3,5,9,11-12H,6-7H2,1H3. The van der Waals surface area contributed by atoms with Crippen molar-refractivity contribution in [2.75, 3.05) is 13.2 Å². The van der Waals surface area contributed by atoms with Crippen LogP contribution < -0.4 is 4.74 Å². The zero-order valence-corrected chi connectivity index (χ0v) is 7.45. The van der Waals surface area contributed by atoms with E-state index in [2.05, 4.69) is 12.1 Å². The van der Waals surface area contributed by atoms with Gasteiger partial charge in [0.1, 0.15) is 12.7 Å². The van der Waals surface area contributed by atoms with Crippen LogP contribution in [0.25, 0.3) is 0 Å². The van der Waals surface area contributed by atoms with Crippen molar-refractivity contribution in [3.63, 3.8) is 0 Å². The van der Waals surface area contributed by atoms with E-state index >= 15 is 0 Å². The Bertz CT molecular complexity index is 260. The Balaban J connectivity index is 2.45. The molecule has 13 heavy (non-hydrogen) atoms. The van der Waals surface area contributed by atoms with Crippen LogP contribution in [0.15, 0.2) is 12.1 Å². The molecule has 0 saturated carbocycles. The average molecular weight is 180 g/mol. The molecule has 0 aromatic heterocycles. The topological polar surface area (TPSA) is 49.7 Å². The summed E-state index contributed by atoms with van der Waals surface area (Å²) in [6.45, 7) is 1.69. The van der Waals surface area contributed by atoms with Crippen molar-refractivity contribution in [1.82, 2.24) is 0 Å². The summed E-state index contributed by atoms with van der Waals surface area (Å²) in [6.07, 6.45) is -0.839. The molecule has 70 valence electrons. The van der Waals surface area contributed by atoms with Crippen molar-refractivity contribution in [3.05, 3.63) is 29.8 Å². The Labute approximate surface area is 77.6 Å². The molecule has 3 nitrogen and oxygen atoms in total. The van der Waals surface area contributed by atoms with E-state index in [1.54, 1.807) is 12.1 Å².